The normalized spacial score (nSPS) is 15.7. The SMILES string of the molecule is O=C(Nc1ccc2c(c1)OC(F)(F)O2)c1ccccc1NCc1ccnc(NC(=O)N2CCOCC2)c1. The lowest BCUT2D eigenvalue weighted by molar-refractivity contribution is -0.286. The summed E-state index contributed by atoms with van der Waals surface area (Å²) in [7, 11) is 0. The van der Waals surface area contributed by atoms with E-state index in [1.54, 1.807) is 47.5 Å². The molecule has 3 N–H and O–H groups in total. The van der Waals surface area contributed by atoms with Crippen LogP contribution in [0, 0.1) is 0 Å². The van der Waals surface area contributed by atoms with Crippen LogP contribution in [0.3, 0.4) is 0 Å². The van der Waals surface area contributed by atoms with Crippen LogP contribution in [0.25, 0.3) is 0 Å². The Morgan fingerprint density at radius 2 is 1.76 bits per heavy atom. The fourth-order valence-corrected chi connectivity index (χ4v) is 3.87. The molecular formula is C25H23F2N5O5. The Hall–Kier alpha value is -4.45. The van der Waals surface area contributed by atoms with Gasteiger partial charge in [0.15, 0.2) is 11.5 Å². The van der Waals surface area contributed by atoms with E-state index in [9.17, 15) is 18.4 Å². The summed E-state index contributed by atoms with van der Waals surface area (Å²) >= 11 is 0. The molecule has 1 saturated heterocycles. The molecule has 0 aliphatic carbocycles. The van der Waals surface area contributed by atoms with Gasteiger partial charge in [0.1, 0.15) is 5.82 Å². The van der Waals surface area contributed by atoms with Crippen molar-refractivity contribution in [3.63, 3.8) is 0 Å². The van der Waals surface area contributed by atoms with Gasteiger partial charge in [0.25, 0.3) is 5.91 Å². The first-order valence-electron chi connectivity index (χ1n) is 11.5. The molecule has 2 aromatic carbocycles. The van der Waals surface area contributed by atoms with Gasteiger partial charge in [-0.15, -0.1) is 8.78 Å². The lowest BCUT2D eigenvalue weighted by Crippen LogP contribution is -2.43. The Balaban J connectivity index is 1.22. The van der Waals surface area contributed by atoms with Crippen LogP contribution < -0.4 is 25.4 Å². The Morgan fingerprint density at radius 3 is 2.59 bits per heavy atom. The number of rotatable bonds is 6. The third-order valence-electron chi connectivity index (χ3n) is 5.67. The number of morpholine rings is 1. The number of amides is 3. The van der Waals surface area contributed by atoms with Crippen molar-refractivity contribution >= 4 is 29.1 Å². The highest BCUT2D eigenvalue weighted by atomic mass is 19.3. The predicted molar refractivity (Wildman–Crippen MR) is 130 cm³/mol. The number of ether oxygens (including phenoxy) is 3. The van der Waals surface area contributed by atoms with Crippen molar-refractivity contribution in [3.8, 4) is 11.5 Å². The summed E-state index contributed by atoms with van der Waals surface area (Å²) in [6.45, 7) is 2.40. The zero-order valence-electron chi connectivity index (χ0n) is 19.5. The van der Waals surface area contributed by atoms with Gasteiger partial charge in [-0.3, -0.25) is 10.1 Å². The molecule has 3 heterocycles. The van der Waals surface area contributed by atoms with E-state index in [0.717, 1.165) is 5.56 Å². The number of halogens is 2. The van der Waals surface area contributed by atoms with E-state index < -0.39 is 12.2 Å². The molecule has 0 bridgehead atoms. The molecule has 3 aromatic rings. The summed E-state index contributed by atoms with van der Waals surface area (Å²) in [5.41, 5.74) is 2.01. The second-order valence-corrected chi connectivity index (χ2v) is 8.26. The van der Waals surface area contributed by atoms with Crippen molar-refractivity contribution in [2.24, 2.45) is 0 Å². The number of hydrogen-bond donors (Lipinski definition) is 3. The van der Waals surface area contributed by atoms with E-state index in [2.05, 4.69) is 30.4 Å². The van der Waals surface area contributed by atoms with E-state index in [1.807, 2.05) is 0 Å². The Bertz CT molecular complexity index is 1320. The van der Waals surface area contributed by atoms with Gasteiger partial charge in [-0.05, 0) is 42.0 Å². The third kappa shape index (κ3) is 5.86. The minimum absolute atomic E-state index is 0.108. The number of carbonyl (C=O) groups is 2. The van der Waals surface area contributed by atoms with Crippen molar-refractivity contribution < 1.29 is 32.6 Å². The Kier molecular flexibility index (Phi) is 6.73. The number of benzene rings is 2. The van der Waals surface area contributed by atoms with E-state index in [4.69, 9.17) is 4.74 Å². The highest BCUT2D eigenvalue weighted by Gasteiger charge is 2.43. The Labute approximate surface area is 210 Å². The van der Waals surface area contributed by atoms with Gasteiger partial charge < -0.3 is 29.7 Å². The summed E-state index contributed by atoms with van der Waals surface area (Å²) in [5.74, 6) is -0.302. The van der Waals surface area contributed by atoms with Gasteiger partial charge in [0.05, 0.1) is 18.8 Å². The van der Waals surface area contributed by atoms with Crippen molar-refractivity contribution in [3.05, 3.63) is 71.9 Å². The highest BCUT2D eigenvalue weighted by Crippen LogP contribution is 2.42. The molecule has 37 heavy (non-hydrogen) atoms. The van der Waals surface area contributed by atoms with Crippen molar-refractivity contribution in [2.45, 2.75) is 12.8 Å². The van der Waals surface area contributed by atoms with Crippen molar-refractivity contribution in [2.75, 3.05) is 42.3 Å². The van der Waals surface area contributed by atoms with Gasteiger partial charge in [0.2, 0.25) is 0 Å². The molecule has 0 saturated carbocycles. The molecule has 192 valence electrons. The quantitative estimate of drug-likeness (QED) is 0.456. The largest absolute Gasteiger partial charge is 0.586 e. The number of nitrogens with zero attached hydrogens (tertiary/aromatic N) is 2. The number of anilines is 3. The average Bonchev–Trinajstić information content (AvgIpc) is 3.21. The first kappa shape index (κ1) is 24.3. The second-order valence-electron chi connectivity index (χ2n) is 8.26. The predicted octanol–water partition coefficient (Wildman–Crippen LogP) is 4.13. The molecule has 3 amide bonds. The molecule has 2 aliphatic rings. The third-order valence-corrected chi connectivity index (χ3v) is 5.67. The average molecular weight is 511 g/mol. The summed E-state index contributed by atoms with van der Waals surface area (Å²) in [6, 6.07) is 14.2. The van der Waals surface area contributed by atoms with Gasteiger partial charge in [-0.1, -0.05) is 12.1 Å². The maximum atomic E-state index is 13.3. The van der Waals surface area contributed by atoms with Crippen LogP contribution >= 0.6 is 0 Å². The lowest BCUT2D eigenvalue weighted by atomic mass is 10.1. The number of urea groups is 1. The van der Waals surface area contributed by atoms with Crippen molar-refractivity contribution in [1.82, 2.24) is 9.88 Å². The first-order valence-corrected chi connectivity index (χ1v) is 11.5. The molecule has 2 aliphatic heterocycles. The fourth-order valence-electron chi connectivity index (χ4n) is 3.87. The van der Waals surface area contributed by atoms with Crippen molar-refractivity contribution in [1.29, 1.82) is 0 Å². The molecule has 12 heteroatoms. The zero-order valence-corrected chi connectivity index (χ0v) is 19.5. The smallest absolute Gasteiger partial charge is 0.395 e. The standard InChI is InChI=1S/C25H23F2N5O5/c26-25(27)36-20-6-5-17(14-21(20)37-25)30-23(33)18-3-1-2-4-19(18)29-15-16-7-8-28-22(13-16)31-24(34)32-9-11-35-12-10-32/h1-8,13-14,29H,9-12,15H2,(H,30,33)(H,28,31,34). The number of carbonyl (C=O) groups excluding carboxylic acids is 2. The van der Waals surface area contributed by atoms with E-state index in [1.165, 1.54) is 18.2 Å². The molecule has 1 fully saturated rings. The number of aromatic nitrogens is 1. The minimum Gasteiger partial charge on any atom is -0.395 e. The second kappa shape index (κ2) is 10.3. The van der Waals surface area contributed by atoms with E-state index >= 15 is 0 Å². The van der Waals surface area contributed by atoms with E-state index in [0.29, 0.717) is 49.9 Å². The fraction of sp³-hybridized carbons (Fsp3) is 0.240. The zero-order chi connectivity index (χ0) is 25.8. The summed E-state index contributed by atoms with van der Waals surface area (Å²) < 4.78 is 40.6. The maximum Gasteiger partial charge on any atom is 0.586 e. The van der Waals surface area contributed by atoms with Crippen LogP contribution in [-0.4, -0.2) is 54.4 Å². The van der Waals surface area contributed by atoms with Crippen LogP contribution in [0.5, 0.6) is 11.5 Å². The van der Waals surface area contributed by atoms with Crippen LogP contribution in [0.2, 0.25) is 0 Å². The number of alkyl halides is 2. The molecule has 0 spiro atoms. The Morgan fingerprint density at radius 1 is 0.973 bits per heavy atom. The number of fused-ring (bicyclic) bond motifs is 1. The molecule has 10 nitrogen and oxygen atoms in total. The van der Waals surface area contributed by atoms with Gasteiger partial charge in [0, 0.05) is 43.3 Å². The monoisotopic (exact) mass is 511 g/mol. The molecule has 0 radical (unpaired) electrons. The number of nitrogens with one attached hydrogen (secondary N) is 3. The van der Waals surface area contributed by atoms with Crippen LogP contribution in [0.4, 0.5) is 30.8 Å². The number of hydrogen-bond acceptors (Lipinski definition) is 7. The maximum absolute atomic E-state index is 13.3. The van der Waals surface area contributed by atoms with Crippen LogP contribution in [0.1, 0.15) is 15.9 Å². The molecular weight excluding hydrogens is 488 g/mol. The summed E-state index contributed by atoms with van der Waals surface area (Å²) in [6.07, 6.45) is -2.15. The topological polar surface area (TPSA) is 114 Å². The van der Waals surface area contributed by atoms with Gasteiger partial charge in [-0.2, -0.15) is 0 Å². The minimum atomic E-state index is -3.74. The van der Waals surface area contributed by atoms with Crippen LogP contribution in [-0.2, 0) is 11.3 Å². The van der Waals surface area contributed by atoms with Gasteiger partial charge in [-0.25, -0.2) is 9.78 Å². The number of para-hydroxylation sites is 1. The molecule has 1 aromatic heterocycles. The van der Waals surface area contributed by atoms with Gasteiger partial charge >= 0.3 is 12.3 Å². The molecule has 5 rings (SSSR count). The van der Waals surface area contributed by atoms with Crippen LogP contribution in [0.15, 0.2) is 60.8 Å². The molecule has 0 atom stereocenters. The highest BCUT2D eigenvalue weighted by molar-refractivity contribution is 6.08. The lowest BCUT2D eigenvalue weighted by Gasteiger charge is -2.26. The summed E-state index contributed by atoms with van der Waals surface area (Å²) in [4.78, 5) is 31.3. The summed E-state index contributed by atoms with van der Waals surface area (Å²) in [5, 5.41) is 8.70. The number of pyridine rings is 1. The molecule has 0 unspecified atom stereocenters. The first-order chi connectivity index (χ1) is 17.9. The van der Waals surface area contributed by atoms with E-state index in [-0.39, 0.29) is 23.2 Å².